The number of piperidine rings is 1. The topological polar surface area (TPSA) is 40.5 Å². The molecule has 0 saturated carbocycles. The maximum Gasteiger partial charge on any atom is 0.255 e. The van der Waals surface area contributed by atoms with E-state index in [2.05, 4.69) is 0 Å². The van der Waals surface area contributed by atoms with Crippen molar-refractivity contribution >= 4 is 17.5 Å². The summed E-state index contributed by atoms with van der Waals surface area (Å²) < 4.78 is 26.4. The fraction of sp³-hybridized carbons (Fsp3) is 0.350. The van der Waals surface area contributed by atoms with Crippen molar-refractivity contribution in [3.63, 3.8) is 0 Å². The van der Waals surface area contributed by atoms with Gasteiger partial charge in [-0.25, -0.2) is 8.78 Å². The molecule has 2 aromatic rings. The van der Waals surface area contributed by atoms with Crippen molar-refractivity contribution < 1.29 is 18.7 Å². The first-order valence-electron chi connectivity index (χ1n) is 8.52. The molecule has 1 aliphatic heterocycles. The summed E-state index contributed by atoms with van der Waals surface area (Å²) in [4.78, 5) is 14.5. The highest BCUT2D eigenvalue weighted by Gasteiger charge is 2.37. The van der Waals surface area contributed by atoms with Gasteiger partial charge in [-0.15, -0.1) is 0 Å². The molecule has 0 bridgehead atoms. The van der Waals surface area contributed by atoms with E-state index < -0.39 is 11.2 Å². The van der Waals surface area contributed by atoms with Crippen molar-refractivity contribution in [3.05, 3.63) is 70.2 Å². The minimum Gasteiger partial charge on any atom is -0.396 e. The van der Waals surface area contributed by atoms with E-state index in [4.69, 9.17) is 11.6 Å². The fourth-order valence-corrected chi connectivity index (χ4v) is 3.83. The van der Waals surface area contributed by atoms with Crippen LogP contribution in [0.25, 0.3) is 0 Å². The number of aliphatic hydroxyl groups excluding tert-OH is 1. The molecule has 1 heterocycles. The molecule has 3 nitrogen and oxygen atoms in total. The molecule has 1 saturated heterocycles. The van der Waals surface area contributed by atoms with E-state index in [9.17, 15) is 18.7 Å². The Labute approximate surface area is 156 Å². The predicted octanol–water partition coefficient (Wildman–Crippen LogP) is 4.08. The average Bonchev–Trinajstić information content (AvgIpc) is 2.63. The highest BCUT2D eigenvalue weighted by atomic mass is 35.5. The minimum atomic E-state index is -0.494. The first-order chi connectivity index (χ1) is 12.4. The number of halogens is 3. The smallest absolute Gasteiger partial charge is 0.255 e. The number of rotatable bonds is 4. The van der Waals surface area contributed by atoms with E-state index in [1.54, 1.807) is 17.0 Å². The Morgan fingerprint density at radius 2 is 1.85 bits per heavy atom. The van der Waals surface area contributed by atoms with Crippen molar-refractivity contribution in [2.45, 2.75) is 19.3 Å². The summed E-state index contributed by atoms with van der Waals surface area (Å²) in [5.41, 5.74) is 0.677. The number of likely N-dealkylation sites (tertiary alicyclic amines) is 1. The highest BCUT2D eigenvalue weighted by Crippen LogP contribution is 2.34. The van der Waals surface area contributed by atoms with Gasteiger partial charge in [-0.3, -0.25) is 4.79 Å². The fourth-order valence-electron chi connectivity index (χ4n) is 3.58. The second-order valence-electron chi connectivity index (χ2n) is 6.92. The summed E-state index contributed by atoms with van der Waals surface area (Å²) in [6, 6.07) is 9.90. The van der Waals surface area contributed by atoms with Gasteiger partial charge in [0.05, 0.1) is 17.2 Å². The number of carbonyl (C=O) groups is 1. The van der Waals surface area contributed by atoms with Gasteiger partial charge in [0.25, 0.3) is 5.91 Å². The molecule has 0 spiro atoms. The van der Waals surface area contributed by atoms with Crippen LogP contribution < -0.4 is 0 Å². The Morgan fingerprint density at radius 1 is 1.15 bits per heavy atom. The first kappa shape index (κ1) is 18.8. The molecular formula is C20H20ClF2NO2. The van der Waals surface area contributed by atoms with Crippen molar-refractivity contribution in [1.29, 1.82) is 0 Å². The molecule has 2 aromatic carbocycles. The van der Waals surface area contributed by atoms with Gasteiger partial charge < -0.3 is 10.0 Å². The van der Waals surface area contributed by atoms with Gasteiger partial charge in [0.2, 0.25) is 0 Å². The van der Waals surface area contributed by atoms with Gasteiger partial charge >= 0.3 is 0 Å². The zero-order chi connectivity index (χ0) is 18.7. The third kappa shape index (κ3) is 4.05. The van der Waals surface area contributed by atoms with Crippen LogP contribution in [0.4, 0.5) is 8.78 Å². The summed E-state index contributed by atoms with van der Waals surface area (Å²) in [5, 5.41) is 10.1. The summed E-state index contributed by atoms with van der Waals surface area (Å²) in [5.74, 6) is -1.07. The lowest BCUT2D eigenvalue weighted by atomic mass is 9.75. The molecule has 3 rings (SSSR count). The number of hydrogen-bond donors (Lipinski definition) is 1. The summed E-state index contributed by atoms with van der Waals surface area (Å²) in [7, 11) is 0. The molecule has 0 radical (unpaired) electrons. The Bertz CT molecular complexity index is 797. The van der Waals surface area contributed by atoms with Gasteiger partial charge in [-0.1, -0.05) is 23.7 Å². The molecule has 0 unspecified atom stereocenters. The quantitative estimate of drug-likeness (QED) is 0.869. The van der Waals surface area contributed by atoms with Crippen LogP contribution in [0, 0.1) is 17.0 Å². The molecular weight excluding hydrogens is 360 g/mol. The molecule has 0 aromatic heterocycles. The van der Waals surface area contributed by atoms with Gasteiger partial charge in [-0.05, 0) is 55.2 Å². The number of carbonyl (C=O) groups excluding carboxylic acids is 1. The number of aliphatic hydroxyl groups is 1. The van der Waals surface area contributed by atoms with Crippen molar-refractivity contribution in [2.75, 3.05) is 19.7 Å². The number of hydrogen-bond acceptors (Lipinski definition) is 2. The summed E-state index contributed by atoms with van der Waals surface area (Å²) in [6.07, 6.45) is 2.05. The maximum absolute atomic E-state index is 13.2. The summed E-state index contributed by atoms with van der Waals surface area (Å²) in [6.45, 7) is 0.844. The number of nitrogens with zero attached hydrogens (tertiary/aromatic N) is 1. The standard InChI is InChI=1S/C20H20ClF2NO2/c21-18-10-16(23)6-7-17(18)19(26)24-9-1-8-20(12-24,13-25)11-14-2-4-15(22)5-3-14/h2-7,10,25H,1,8-9,11-13H2/t20-/m0/s1. The molecule has 0 aliphatic carbocycles. The van der Waals surface area contributed by atoms with Gasteiger partial charge in [0.1, 0.15) is 11.6 Å². The second-order valence-corrected chi connectivity index (χ2v) is 7.32. The molecule has 1 atom stereocenters. The van der Waals surface area contributed by atoms with Crippen LogP contribution in [0.15, 0.2) is 42.5 Å². The maximum atomic E-state index is 13.2. The van der Waals surface area contributed by atoms with Crippen LogP contribution in [-0.4, -0.2) is 35.6 Å². The molecule has 6 heteroatoms. The van der Waals surface area contributed by atoms with Crippen molar-refractivity contribution in [2.24, 2.45) is 5.41 Å². The molecule has 26 heavy (non-hydrogen) atoms. The van der Waals surface area contributed by atoms with Gasteiger partial charge in [0, 0.05) is 18.5 Å². The van der Waals surface area contributed by atoms with Crippen LogP contribution in [0.5, 0.6) is 0 Å². The Hall–Kier alpha value is -1.98. The molecule has 1 fully saturated rings. The third-order valence-electron chi connectivity index (χ3n) is 4.94. The lowest BCUT2D eigenvalue weighted by Crippen LogP contribution is -2.49. The second kappa shape index (κ2) is 7.72. The van der Waals surface area contributed by atoms with Gasteiger partial charge in [-0.2, -0.15) is 0 Å². The van der Waals surface area contributed by atoms with Crippen LogP contribution in [0.1, 0.15) is 28.8 Å². The normalized spacial score (nSPS) is 20.2. The SMILES string of the molecule is O=C(c1ccc(F)cc1Cl)N1CCC[C@](CO)(Cc2ccc(F)cc2)C1. The first-order valence-corrected chi connectivity index (χ1v) is 8.90. The number of benzene rings is 2. The van der Waals surface area contributed by atoms with E-state index in [1.807, 2.05) is 0 Å². The van der Waals surface area contributed by atoms with Crippen LogP contribution in [-0.2, 0) is 6.42 Å². The average molecular weight is 380 g/mol. The number of amides is 1. The molecule has 138 valence electrons. The van der Waals surface area contributed by atoms with E-state index in [0.717, 1.165) is 24.5 Å². The van der Waals surface area contributed by atoms with Crippen LogP contribution >= 0.6 is 11.6 Å². The Morgan fingerprint density at radius 3 is 2.50 bits per heavy atom. The molecule has 1 N–H and O–H groups in total. The predicted molar refractivity (Wildman–Crippen MR) is 96.2 cm³/mol. The molecule has 1 aliphatic rings. The van der Waals surface area contributed by atoms with E-state index in [0.29, 0.717) is 19.5 Å². The van der Waals surface area contributed by atoms with Crippen molar-refractivity contribution in [1.82, 2.24) is 4.90 Å². The van der Waals surface area contributed by atoms with E-state index in [-0.39, 0.29) is 28.9 Å². The molecule has 1 amide bonds. The lowest BCUT2D eigenvalue weighted by molar-refractivity contribution is 0.0272. The van der Waals surface area contributed by atoms with E-state index >= 15 is 0 Å². The monoisotopic (exact) mass is 379 g/mol. The zero-order valence-corrected chi connectivity index (χ0v) is 15.0. The van der Waals surface area contributed by atoms with Crippen LogP contribution in [0.3, 0.4) is 0 Å². The highest BCUT2D eigenvalue weighted by molar-refractivity contribution is 6.33. The van der Waals surface area contributed by atoms with Crippen LogP contribution in [0.2, 0.25) is 5.02 Å². The minimum absolute atomic E-state index is 0.0775. The van der Waals surface area contributed by atoms with Gasteiger partial charge in [0.15, 0.2) is 0 Å². The summed E-state index contributed by atoms with van der Waals surface area (Å²) >= 11 is 6.02. The van der Waals surface area contributed by atoms with E-state index in [1.165, 1.54) is 24.3 Å². The Kier molecular flexibility index (Phi) is 5.58. The third-order valence-corrected chi connectivity index (χ3v) is 5.25. The zero-order valence-electron chi connectivity index (χ0n) is 14.2. The Balaban J connectivity index is 1.79. The lowest BCUT2D eigenvalue weighted by Gasteiger charge is -2.42. The van der Waals surface area contributed by atoms with Crippen molar-refractivity contribution in [3.8, 4) is 0 Å². The largest absolute Gasteiger partial charge is 0.396 e.